The molecule has 0 saturated carbocycles. The molecule has 0 aliphatic carbocycles. The molecule has 6 nitrogen and oxygen atoms in total. The van der Waals surface area contributed by atoms with E-state index >= 15 is 0 Å². The second-order valence-electron chi connectivity index (χ2n) is 7.16. The van der Waals surface area contributed by atoms with Gasteiger partial charge in [-0.25, -0.2) is 8.42 Å². The van der Waals surface area contributed by atoms with Crippen LogP contribution in [0.1, 0.15) is 11.1 Å². The van der Waals surface area contributed by atoms with Gasteiger partial charge in [-0.3, -0.25) is 9.69 Å². The molecule has 3 aromatic rings. The lowest BCUT2D eigenvalue weighted by atomic mass is 10.1. The maximum absolute atomic E-state index is 12.9. The molecule has 2 heterocycles. The van der Waals surface area contributed by atoms with E-state index in [-0.39, 0.29) is 5.56 Å². The Morgan fingerprint density at radius 3 is 2.39 bits per heavy atom. The minimum Gasteiger partial charge on any atom is -0.322 e. The number of nitrogens with zero attached hydrogens (tertiary/aromatic N) is 2. The van der Waals surface area contributed by atoms with Crippen molar-refractivity contribution in [3.63, 3.8) is 0 Å². The zero-order chi connectivity index (χ0) is 19.7. The van der Waals surface area contributed by atoms with Crippen LogP contribution < -0.4 is 5.56 Å². The summed E-state index contributed by atoms with van der Waals surface area (Å²) in [5, 5.41) is 0.998. The van der Waals surface area contributed by atoms with E-state index in [0.29, 0.717) is 43.2 Å². The number of aromatic nitrogens is 1. The van der Waals surface area contributed by atoms with Crippen molar-refractivity contribution < 1.29 is 8.42 Å². The third-order valence-corrected chi connectivity index (χ3v) is 7.33. The first-order chi connectivity index (χ1) is 13.4. The number of pyridine rings is 1. The molecule has 0 unspecified atom stereocenters. The Kier molecular flexibility index (Phi) is 5.05. The van der Waals surface area contributed by atoms with Crippen LogP contribution in [-0.2, 0) is 16.6 Å². The zero-order valence-corrected chi connectivity index (χ0v) is 16.6. The summed E-state index contributed by atoms with van der Waals surface area (Å²) in [6, 6.07) is 16.7. The van der Waals surface area contributed by atoms with Crippen LogP contribution in [0.15, 0.2) is 64.3 Å². The molecule has 7 heteroatoms. The van der Waals surface area contributed by atoms with Gasteiger partial charge < -0.3 is 4.98 Å². The number of rotatable bonds is 4. The van der Waals surface area contributed by atoms with Crippen LogP contribution in [0.2, 0.25) is 0 Å². The Morgan fingerprint density at radius 1 is 0.964 bits per heavy atom. The topological polar surface area (TPSA) is 73.5 Å². The monoisotopic (exact) mass is 397 g/mol. The minimum atomic E-state index is -3.49. The molecule has 0 radical (unpaired) electrons. The summed E-state index contributed by atoms with van der Waals surface area (Å²) in [5.74, 6) is 0. The second-order valence-corrected chi connectivity index (χ2v) is 9.06. The molecule has 2 aromatic carbocycles. The quantitative estimate of drug-likeness (QED) is 0.733. The van der Waals surface area contributed by atoms with E-state index in [0.717, 1.165) is 16.5 Å². The lowest BCUT2D eigenvalue weighted by Crippen LogP contribution is -2.48. The van der Waals surface area contributed by atoms with E-state index in [9.17, 15) is 13.2 Å². The molecule has 1 aliphatic rings. The number of para-hydroxylation sites is 1. The Labute approximate surface area is 164 Å². The number of fused-ring (bicyclic) bond motifs is 1. The fourth-order valence-corrected chi connectivity index (χ4v) is 5.31. The van der Waals surface area contributed by atoms with Crippen LogP contribution in [0.25, 0.3) is 10.9 Å². The highest BCUT2D eigenvalue weighted by Gasteiger charge is 2.29. The van der Waals surface area contributed by atoms with Crippen molar-refractivity contribution in [2.75, 3.05) is 26.2 Å². The molecule has 1 fully saturated rings. The molecule has 146 valence electrons. The van der Waals surface area contributed by atoms with Crippen molar-refractivity contribution in [1.29, 1.82) is 0 Å². The lowest BCUT2D eigenvalue weighted by molar-refractivity contribution is 0.181. The van der Waals surface area contributed by atoms with E-state index in [2.05, 4.69) is 9.88 Å². The lowest BCUT2D eigenvalue weighted by Gasteiger charge is -2.34. The minimum absolute atomic E-state index is 0.0892. The van der Waals surface area contributed by atoms with Crippen LogP contribution in [-0.4, -0.2) is 48.8 Å². The standard InChI is InChI=1S/C21H23N3O3S/c1-16-6-2-5-9-20(16)28(26,27)24-12-10-23(11-13-24)15-18-14-17-7-3-4-8-19(17)22-21(18)25/h2-9,14H,10-13,15H2,1H3,(H,22,25). The van der Waals surface area contributed by atoms with Crippen LogP contribution in [0, 0.1) is 6.92 Å². The number of sulfonamides is 1. The van der Waals surface area contributed by atoms with E-state index in [1.807, 2.05) is 49.4 Å². The Morgan fingerprint density at radius 2 is 1.64 bits per heavy atom. The molecule has 0 bridgehead atoms. The van der Waals surface area contributed by atoms with Gasteiger partial charge in [-0.15, -0.1) is 0 Å². The molecule has 0 amide bonds. The van der Waals surface area contributed by atoms with E-state index in [4.69, 9.17) is 0 Å². The Balaban J connectivity index is 1.47. The van der Waals surface area contributed by atoms with E-state index in [1.54, 1.807) is 12.1 Å². The number of piperazine rings is 1. The van der Waals surface area contributed by atoms with Crippen molar-refractivity contribution in [1.82, 2.24) is 14.2 Å². The van der Waals surface area contributed by atoms with Crippen molar-refractivity contribution in [3.8, 4) is 0 Å². The van der Waals surface area contributed by atoms with Crippen molar-refractivity contribution in [2.45, 2.75) is 18.4 Å². The molecule has 0 spiro atoms. The van der Waals surface area contributed by atoms with Crippen LogP contribution in [0.4, 0.5) is 0 Å². The molecular weight excluding hydrogens is 374 g/mol. The summed E-state index contributed by atoms with van der Waals surface area (Å²) < 4.78 is 27.4. The first-order valence-corrected chi connectivity index (χ1v) is 10.8. The molecule has 1 saturated heterocycles. The maximum Gasteiger partial charge on any atom is 0.252 e. The SMILES string of the molecule is Cc1ccccc1S(=O)(=O)N1CCN(Cc2cc3ccccc3[nH]c2=O)CC1. The van der Waals surface area contributed by atoms with Gasteiger partial charge in [0.15, 0.2) is 0 Å². The summed E-state index contributed by atoms with van der Waals surface area (Å²) in [7, 11) is -3.49. The average Bonchev–Trinajstić information content (AvgIpc) is 2.69. The first-order valence-electron chi connectivity index (χ1n) is 9.34. The number of aryl methyl sites for hydroxylation is 1. The predicted molar refractivity (Wildman–Crippen MR) is 110 cm³/mol. The summed E-state index contributed by atoms with van der Waals surface area (Å²) >= 11 is 0. The van der Waals surface area contributed by atoms with Gasteiger partial charge in [0, 0.05) is 43.8 Å². The fourth-order valence-electron chi connectivity index (χ4n) is 3.66. The molecule has 4 rings (SSSR count). The number of H-pyrrole nitrogens is 1. The highest BCUT2D eigenvalue weighted by atomic mass is 32.2. The van der Waals surface area contributed by atoms with Crippen molar-refractivity contribution >= 4 is 20.9 Å². The molecule has 1 aliphatic heterocycles. The first kappa shape index (κ1) is 18.9. The summed E-state index contributed by atoms with van der Waals surface area (Å²) in [4.78, 5) is 17.8. The third-order valence-electron chi connectivity index (χ3n) is 5.27. The van der Waals surface area contributed by atoms with E-state index < -0.39 is 10.0 Å². The van der Waals surface area contributed by atoms with Gasteiger partial charge in [0.2, 0.25) is 10.0 Å². The molecule has 0 atom stereocenters. The van der Waals surface area contributed by atoms with Crippen LogP contribution in [0.5, 0.6) is 0 Å². The van der Waals surface area contributed by atoms with Crippen molar-refractivity contribution in [3.05, 3.63) is 76.1 Å². The molecule has 28 heavy (non-hydrogen) atoms. The van der Waals surface area contributed by atoms with Gasteiger partial charge >= 0.3 is 0 Å². The summed E-state index contributed by atoms with van der Waals surface area (Å²) in [6.07, 6.45) is 0. The molecule has 1 N–H and O–H groups in total. The third kappa shape index (κ3) is 3.61. The highest BCUT2D eigenvalue weighted by Crippen LogP contribution is 2.21. The van der Waals surface area contributed by atoms with Crippen molar-refractivity contribution in [2.24, 2.45) is 0 Å². The summed E-state index contributed by atoms with van der Waals surface area (Å²) in [6.45, 7) is 4.35. The number of nitrogens with one attached hydrogen (secondary N) is 1. The van der Waals surface area contributed by atoms with Gasteiger partial charge in [-0.05, 0) is 36.1 Å². The second kappa shape index (κ2) is 7.50. The zero-order valence-electron chi connectivity index (χ0n) is 15.8. The van der Waals surface area contributed by atoms with Gasteiger partial charge in [0.05, 0.1) is 4.90 Å². The molecule has 1 aromatic heterocycles. The summed E-state index contributed by atoms with van der Waals surface area (Å²) in [5.41, 5.74) is 2.19. The maximum atomic E-state index is 12.9. The van der Waals surface area contributed by atoms with Gasteiger partial charge in [0.25, 0.3) is 5.56 Å². The van der Waals surface area contributed by atoms with Gasteiger partial charge in [0.1, 0.15) is 0 Å². The Hall–Kier alpha value is -2.48. The van der Waals surface area contributed by atoms with Gasteiger partial charge in [-0.1, -0.05) is 36.4 Å². The fraction of sp³-hybridized carbons (Fsp3) is 0.286. The number of benzene rings is 2. The number of hydrogen-bond donors (Lipinski definition) is 1. The number of aromatic amines is 1. The highest BCUT2D eigenvalue weighted by molar-refractivity contribution is 7.89. The molecular formula is C21H23N3O3S. The van der Waals surface area contributed by atoms with Crippen LogP contribution in [0.3, 0.4) is 0 Å². The van der Waals surface area contributed by atoms with Gasteiger partial charge in [-0.2, -0.15) is 4.31 Å². The van der Waals surface area contributed by atoms with E-state index in [1.165, 1.54) is 4.31 Å². The normalized spacial score (nSPS) is 16.5. The smallest absolute Gasteiger partial charge is 0.252 e. The Bertz CT molecular complexity index is 1160. The average molecular weight is 398 g/mol. The number of hydrogen-bond acceptors (Lipinski definition) is 4. The predicted octanol–water partition coefficient (Wildman–Crippen LogP) is 2.34. The largest absolute Gasteiger partial charge is 0.322 e. The van der Waals surface area contributed by atoms with Crippen LogP contribution >= 0.6 is 0 Å².